The highest BCUT2D eigenvalue weighted by molar-refractivity contribution is 5.23. The van der Waals surface area contributed by atoms with Crippen LogP contribution in [0.25, 0.3) is 0 Å². The van der Waals surface area contributed by atoms with Crippen LogP contribution < -0.4 is 5.73 Å². The normalized spacial score (nSPS) is 13.0. The van der Waals surface area contributed by atoms with Crippen LogP contribution >= 0.6 is 0 Å². The molecule has 3 N–H and O–H groups in total. The smallest absolute Gasteiger partial charge is 0.197 e. The Morgan fingerprint density at radius 3 is 2.21 bits per heavy atom. The third kappa shape index (κ3) is 1.71. The first-order valence-corrected chi connectivity index (χ1v) is 3.70. The molecule has 0 saturated heterocycles. The molecule has 0 aliphatic heterocycles. The summed E-state index contributed by atoms with van der Waals surface area (Å²) in [6, 6.07) is 0.380. The Kier molecular flexibility index (Phi) is 3.07. The Morgan fingerprint density at radius 2 is 1.71 bits per heavy atom. The van der Waals surface area contributed by atoms with E-state index in [1.54, 1.807) is 0 Å². The lowest BCUT2D eigenvalue weighted by molar-refractivity contribution is 0.179. The summed E-state index contributed by atoms with van der Waals surface area (Å²) in [5, 5.41) is 9.03. The van der Waals surface area contributed by atoms with Gasteiger partial charge in [0.15, 0.2) is 23.3 Å². The Bertz CT molecular complexity index is 356. The van der Waals surface area contributed by atoms with Gasteiger partial charge in [0.1, 0.15) is 0 Å². The van der Waals surface area contributed by atoms with Crippen LogP contribution in [0.5, 0.6) is 0 Å². The predicted octanol–water partition coefficient (Wildman–Crippen LogP) is 1.24. The van der Waals surface area contributed by atoms with E-state index in [0.29, 0.717) is 6.07 Å². The predicted molar refractivity (Wildman–Crippen MR) is 40.3 cm³/mol. The van der Waals surface area contributed by atoms with Crippen molar-refractivity contribution in [1.29, 1.82) is 0 Å². The summed E-state index contributed by atoms with van der Waals surface area (Å²) in [6.07, 6.45) is -1.56. The second-order valence-corrected chi connectivity index (χ2v) is 2.64. The summed E-state index contributed by atoms with van der Waals surface area (Å²) < 4.78 is 50.5. The van der Waals surface area contributed by atoms with Gasteiger partial charge in [-0.25, -0.2) is 17.6 Å². The van der Waals surface area contributed by atoms with Gasteiger partial charge in [0.25, 0.3) is 0 Å². The van der Waals surface area contributed by atoms with Gasteiger partial charge in [0.2, 0.25) is 0 Å². The SMILES string of the molecule is NC[C@@H](O)c1cc(F)c(F)c(F)c1F. The molecule has 1 rings (SSSR count). The first-order chi connectivity index (χ1) is 6.49. The van der Waals surface area contributed by atoms with Gasteiger partial charge >= 0.3 is 0 Å². The molecule has 6 heteroatoms. The van der Waals surface area contributed by atoms with E-state index in [9.17, 15) is 17.6 Å². The summed E-state index contributed by atoms with van der Waals surface area (Å²) in [6.45, 7) is -0.415. The minimum Gasteiger partial charge on any atom is -0.387 e. The minimum absolute atomic E-state index is 0.380. The minimum atomic E-state index is -1.95. The second-order valence-electron chi connectivity index (χ2n) is 2.64. The molecule has 1 aromatic rings. The van der Waals surface area contributed by atoms with E-state index in [4.69, 9.17) is 10.8 Å². The van der Waals surface area contributed by atoms with E-state index in [0.717, 1.165) is 0 Å². The zero-order valence-electron chi connectivity index (χ0n) is 6.90. The van der Waals surface area contributed by atoms with Gasteiger partial charge in [-0.1, -0.05) is 0 Å². The fraction of sp³-hybridized carbons (Fsp3) is 0.250. The van der Waals surface area contributed by atoms with Crippen molar-refractivity contribution in [3.05, 3.63) is 34.9 Å². The molecule has 1 atom stereocenters. The Labute approximate surface area is 77.0 Å². The van der Waals surface area contributed by atoms with Gasteiger partial charge in [-0.3, -0.25) is 0 Å². The van der Waals surface area contributed by atoms with Gasteiger partial charge in [-0.15, -0.1) is 0 Å². The number of hydrogen-bond donors (Lipinski definition) is 2. The molecule has 0 unspecified atom stereocenters. The van der Waals surface area contributed by atoms with Crippen molar-refractivity contribution in [2.75, 3.05) is 6.54 Å². The Hall–Kier alpha value is -1.14. The van der Waals surface area contributed by atoms with Crippen LogP contribution in [0.1, 0.15) is 11.7 Å². The highest BCUT2D eigenvalue weighted by atomic mass is 19.2. The standard InChI is InChI=1S/C8H7F4NO/c9-4-1-3(5(14)2-13)6(10)8(12)7(4)11/h1,5,14H,2,13H2/t5-/m1/s1. The molecular formula is C8H7F4NO. The van der Waals surface area contributed by atoms with E-state index in [-0.39, 0.29) is 0 Å². The van der Waals surface area contributed by atoms with Crippen LogP contribution in [-0.2, 0) is 0 Å². The second kappa shape index (κ2) is 3.93. The average Bonchev–Trinajstić information content (AvgIpc) is 2.19. The van der Waals surface area contributed by atoms with Crippen LogP contribution in [0, 0.1) is 23.3 Å². The van der Waals surface area contributed by atoms with Crippen molar-refractivity contribution in [2.24, 2.45) is 5.73 Å². The number of rotatable bonds is 2. The monoisotopic (exact) mass is 209 g/mol. The lowest BCUT2D eigenvalue weighted by Crippen LogP contribution is -2.15. The molecule has 0 aliphatic rings. The number of aliphatic hydroxyl groups excluding tert-OH is 1. The molecule has 2 nitrogen and oxygen atoms in total. The summed E-state index contributed by atoms with van der Waals surface area (Å²) in [4.78, 5) is 0. The highest BCUT2D eigenvalue weighted by Crippen LogP contribution is 2.23. The van der Waals surface area contributed by atoms with Crippen LogP contribution in [0.2, 0.25) is 0 Å². The molecule has 0 radical (unpaired) electrons. The summed E-state index contributed by atoms with van der Waals surface area (Å²) in [7, 11) is 0. The van der Waals surface area contributed by atoms with Gasteiger partial charge in [-0.05, 0) is 6.07 Å². The van der Waals surface area contributed by atoms with Gasteiger partial charge in [0.05, 0.1) is 6.10 Å². The van der Waals surface area contributed by atoms with Crippen LogP contribution in [0.4, 0.5) is 17.6 Å². The fourth-order valence-electron chi connectivity index (χ4n) is 0.961. The maximum absolute atomic E-state index is 12.9. The van der Waals surface area contributed by atoms with Crippen LogP contribution in [0.3, 0.4) is 0 Å². The van der Waals surface area contributed by atoms with Crippen molar-refractivity contribution < 1.29 is 22.7 Å². The zero-order valence-corrected chi connectivity index (χ0v) is 6.90. The molecule has 14 heavy (non-hydrogen) atoms. The molecule has 0 fully saturated rings. The zero-order chi connectivity index (χ0) is 10.9. The number of nitrogens with two attached hydrogens (primary N) is 1. The van der Waals surface area contributed by atoms with Crippen molar-refractivity contribution in [2.45, 2.75) is 6.10 Å². The van der Waals surface area contributed by atoms with Gasteiger partial charge < -0.3 is 10.8 Å². The van der Waals surface area contributed by atoms with E-state index in [1.165, 1.54) is 0 Å². The van der Waals surface area contributed by atoms with Crippen LogP contribution in [-0.4, -0.2) is 11.7 Å². The van der Waals surface area contributed by atoms with Crippen LogP contribution in [0.15, 0.2) is 6.07 Å². The van der Waals surface area contributed by atoms with E-state index >= 15 is 0 Å². The lowest BCUT2D eigenvalue weighted by Gasteiger charge is -2.10. The molecule has 78 valence electrons. The third-order valence-corrected chi connectivity index (χ3v) is 1.71. The van der Waals surface area contributed by atoms with Gasteiger partial charge in [0, 0.05) is 12.1 Å². The first kappa shape index (κ1) is 10.9. The molecule has 0 aromatic heterocycles. The maximum Gasteiger partial charge on any atom is 0.197 e. The molecular weight excluding hydrogens is 202 g/mol. The summed E-state index contributed by atoms with van der Waals surface area (Å²) in [5.74, 6) is -7.05. The van der Waals surface area contributed by atoms with Crippen molar-refractivity contribution >= 4 is 0 Å². The Balaban J connectivity index is 3.33. The van der Waals surface area contributed by atoms with Crippen molar-refractivity contribution in [3.63, 3.8) is 0 Å². The number of hydrogen-bond acceptors (Lipinski definition) is 2. The average molecular weight is 209 g/mol. The Morgan fingerprint density at radius 1 is 1.14 bits per heavy atom. The number of benzene rings is 1. The molecule has 0 amide bonds. The molecule has 0 aliphatic carbocycles. The summed E-state index contributed by atoms with van der Waals surface area (Å²) >= 11 is 0. The van der Waals surface area contributed by atoms with E-state index in [1.807, 2.05) is 0 Å². The first-order valence-electron chi connectivity index (χ1n) is 3.70. The number of halogens is 4. The van der Waals surface area contributed by atoms with Gasteiger partial charge in [-0.2, -0.15) is 0 Å². The fourth-order valence-corrected chi connectivity index (χ4v) is 0.961. The molecule has 0 bridgehead atoms. The molecule has 1 aromatic carbocycles. The van der Waals surface area contributed by atoms with Crippen molar-refractivity contribution in [1.82, 2.24) is 0 Å². The van der Waals surface area contributed by atoms with E-state index < -0.39 is 41.5 Å². The molecule has 0 spiro atoms. The summed E-state index contributed by atoms with van der Waals surface area (Å²) in [5.41, 5.74) is 4.27. The number of aliphatic hydroxyl groups is 1. The third-order valence-electron chi connectivity index (χ3n) is 1.71. The quantitative estimate of drug-likeness (QED) is 0.437. The largest absolute Gasteiger partial charge is 0.387 e. The van der Waals surface area contributed by atoms with Crippen molar-refractivity contribution in [3.8, 4) is 0 Å². The topological polar surface area (TPSA) is 46.2 Å². The highest BCUT2D eigenvalue weighted by Gasteiger charge is 2.22. The molecule has 0 saturated carbocycles. The maximum atomic E-state index is 12.9. The van der Waals surface area contributed by atoms with E-state index in [2.05, 4.69) is 0 Å². The molecule has 0 heterocycles. The lowest BCUT2D eigenvalue weighted by atomic mass is 10.1.